The zero-order valence-electron chi connectivity index (χ0n) is 26.8. The van der Waals surface area contributed by atoms with Gasteiger partial charge in [0, 0.05) is 6.54 Å². The minimum Gasteiger partial charge on any atom is -0.468 e. The van der Waals surface area contributed by atoms with Crippen LogP contribution in [0.15, 0.2) is 18.2 Å². The number of ether oxygens (including phenoxy) is 6. The van der Waals surface area contributed by atoms with Gasteiger partial charge in [-0.05, 0) is 78.0 Å². The number of nitrogens with one attached hydrogen (secondary N) is 1. The van der Waals surface area contributed by atoms with E-state index in [1.807, 2.05) is 27.7 Å². The van der Waals surface area contributed by atoms with E-state index in [0.29, 0.717) is 18.4 Å². The van der Waals surface area contributed by atoms with Crippen molar-refractivity contribution in [2.24, 2.45) is 5.92 Å². The van der Waals surface area contributed by atoms with E-state index in [1.165, 1.54) is 19.2 Å². The van der Waals surface area contributed by atoms with Crippen molar-refractivity contribution in [1.29, 1.82) is 0 Å². The molecule has 0 amide bonds. The molecule has 1 aromatic rings. The van der Waals surface area contributed by atoms with Gasteiger partial charge in [-0.3, -0.25) is 9.59 Å². The van der Waals surface area contributed by atoms with Gasteiger partial charge in [-0.2, -0.15) is 0 Å². The molecular formula is C31H49NO10. The summed E-state index contributed by atoms with van der Waals surface area (Å²) in [6.07, 6.45) is 0.379. The first kappa shape index (κ1) is 36.7. The second-order valence-corrected chi connectivity index (χ2v) is 11.5. The molecule has 1 aromatic carbocycles. The Labute approximate surface area is 249 Å². The van der Waals surface area contributed by atoms with Gasteiger partial charge in [0.1, 0.15) is 23.3 Å². The third kappa shape index (κ3) is 13.1. The molecule has 1 N–H and O–H groups in total. The minimum atomic E-state index is -0.985. The van der Waals surface area contributed by atoms with Gasteiger partial charge in [0.15, 0.2) is 11.5 Å². The molecule has 0 radical (unpaired) electrons. The zero-order chi connectivity index (χ0) is 32.1. The maximum absolute atomic E-state index is 12.6. The third-order valence-corrected chi connectivity index (χ3v) is 6.84. The molecule has 238 valence electrons. The van der Waals surface area contributed by atoms with E-state index in [9.17, 15) is 19.2 Å². The van der Waals surface area contributed by atoms with Crippen molar-refractivity contribution in [3.63, 3.8) is 0 Å². The lowest BCUT2D eigenvalue weighted by Crippen LogP contribution is -2.43. The predicted octanol–water partition coefficient (Wildman–Crippen LogP) is 6.14. The summed E-state index contributed by atoms with van der Waals surface area (Å²) in [5.41, 5.74) is -0.985. The highest BCUT2D eigenvalue weighted by atomic mass is 16.8. The van der Waals surface area contributed by atoms with Crippen molar-refractivity contribution in [2.45, 2.75) is 118 Å². The topological polar surface area (TPSA) is 136 Å². The van der Waals surface area contributed by atoms with Crippen molar-refractivity contribution < 1.29 is 47.6 Å². The average molecular weight is 596 g/mol. The van der Waals surface area contributed by atoms with Gasteiger partial charge in [0.2, 0.25) is 0 Å². The van der Waals surface area contributed by atoms with Gasteiger partial charge in [0.05, 0.1) is 13.0 Å². The fourth-order valence-electron chi connectivity index (χ4n) is 3.49. The molecule has 2 unspecified atom stereocenters. The normalized spacial score (nSPS) is 13.8. The molecule has 0 aromatic heterocycles. The summed E-state index contributed by atoms with van der Waals surface area (Å²) >= 11 is 0. The molecule has 0 saturated heterocycles. The molecular weight excluding hydrogens is 546 g/mol. The number of esters is 2. The average Bonchev–Trinajstić information content (AvgIpc) is 2.91. The van der Waals surface area contributed by atoms with Crippen LogP contribution in [0.5, 0.6) is 11.5 Å². The van der Waals surface area contributed by atoms with Crippen molar-refractivity contribution in [3.8, 4) is 11.5 Å². The first-order valence-electron chi connectivity index (χ1n) is 14.5. The highest BCUT2D eigenvalue weighted by molar-refractivity contribution is 5.76. The van der Waals surface area contributed by atoms with Gasteiger partial charge in [-0.1, -0.05) is 40.2 Å². The molecule has 11 heteroatoms. The van der Waals surface area contributed by atoms with Crippen LogP contribution in [-0.4, -0.2) is 61.3 Å². The van der Waals surface area contributed by atoms with Crippen molar-refractivity contribution in [2.75, 3.05) is 13.7 Å². The molecule has 0 fully saturated rings. The van der Waals surface area contributed by atoms with E-state index < -0.39 is 41.6 Å². The standard InChI is InChI=1S/C31H49NO10/c1-11-14-20(4)26(33)38-21(5)19-32-23(27(34)37-10)17-22-15-16-24(39-28(35)41-30(6,7)12-2)25(18-22)40-29(36)42-31(8,9)13-3/h15-16,18,20-21,23,32H,11-14,17,19H2,1-10H3/t20?,21?,23-/m0/s1. The predicted molar refractivity (Wildman–Crippen MR) is 157 cm³/mol. The van der Waals surface area contributed by atoms with E-state index in [0.717, 1.165) is 12.8 Å². The molecule has 3 atom stereocenters. The quantitative estimate of drug-likeness (QED) is 0.134. The molecule has 0 heterocycles. The first-order chi connectivity index (χ1) is 19.6. The SMILES string of the molecule is CCCC(C)C(=O)OC(C)CN[C@@H](Cc1ccc(OC(=O)OC(C)(C)CC)c(OC(=O)OC(C)(C)CC)c1)C(=O)OC. The Morgan fingerprint density at radius 3 is 1.88 bits per heavy atom. The number of rotatable bonds is 16. The van der Waals surface area contributed by atoms with Crippen molar-refractivity contribution in [1.82, 2.24) is 5.32 Å². The molecule has 0 aliphatic carbocycles. The van der Waals surface area contributed by atoms with E-state index in [1.54, 1.807) is 40.7 Å². The molecule has 42 heavy (non-hydrogen) atoms. The fourth-order valence-corrected chi connectivity index (χ4v) is 3.49. The van der Waals surface area contributed by atoms with Crippen LogP contribution in [0.2, 0.25) is 0 Å². The number of carbonyl (C=O) groups excluding carboxylic acids is 4. The zero-order valence-corrected chi connectivity index (χ0v) is 26.8. The van der Waals surface area contributed by atoms with Crippen molar-refractivity contribution in [3.05, 3.63) is 23.8 Å². The van der Waals surface area contributed by atoms with Gasteiger partial charge in [-0.25, -0.2) is 9.59 Å². The summed E-state index contributed by atoms with van der Waals surface area (Å²) in [4.78, 5) is 49.9. The van der Waals surface area contributed by atoms with Gasteiger partial charge >= 0.3 is 24.2 Å². The molecule has 0 saturated carbocycles. The highest BCUT2D eigenvalue weighted by Gasteiger charge is 2.27. The Morgan fingerprint density at radius 2 is 1.38 bits per heavy atom. The van der Waals surface area contributed by atoms with Crippen LogP contribution in [0.25, 0.3) is 0 Å². The van der Waals surface area contributed by atoms with Crippen LogP contribution in [0.1, 0.15) is 93.6 Å². The smallest absolute Gasteiger partial charge is 0.468 e. The monoisotopic (exact) mass is 595 g/mol. The summed E-state index contributed by atoms with van der Waals surface area (Å²) in [6.45, 7) is 16.4. The van der Waals surface area contributed by atoms with Gasteiger partial charge in [-0.15, -0.1) is 0 Å². The lowest BCUT2D eigenvalue weighted by Gasteiger charge is -2.24. The summed E-state index contributed by atoms with van der Waals surface area (Å²) in [6, 6.07) is 3.72. The van der Waals surface area contributed by atoms with E-state index >= 15 is 0 Å². The second kappa shape index (κ2) is 16.9. The van der Waals surface area contributed by atoms with Gasteiger partial charge < -0.3 is 33.7 Å². The third-order valence-electron chi connectivity index (χ3n) is 6.84. The lowest BCUT2D eigenvalue weighted by molar-refractivity contribution is -0.152. The summed E-state index contributed by atoms with van der Waals surface area (Å²) < 4.78 is 32.0. The fraction of sp³-hybridized carbons (Fsp3) is 0.677. The van der Waals surface area contributed by atoms with Crippen LogP contribution >= 0.6 is 0 Å². The minimum absolute atomic E-state index is 0.0637. The lowest BCUT2D eigenvalue weighted by atomic mass is 10.0. The Bertz CT molecular complexity index is 1050. The molecule has 0 spiro atoms. The van der Waals surface area contributed by atoms with Crippen LogP contribution in [0, 0.1) is 5.92 Å². The largest absolute Gasteiger partial charge is 0.514 e. The van der Waals surface area contributed by atoms with E-state index in [2.05, 4.69) is 5.32 Å². The van der Waals surface area contributed by atoms with E-state index in [-0.39, 0.29) is 36.4 Å². The maximum atomic E-state index is 12.6. The Hall–Kier alpha value is -3.34. The summed E-state index contributed by atoms with van der Waals surface area (Å²) in [5, 5.41) is 3.08. The first-order valence-corrected chi connectivity index (χ1v) is 14.5. The summed E-state index contributed by atoms with van der Waals surface area (Å²) in [7, 11) is 1.27. The van der Waals surface area contributed by atoms with Crippen molar-refractivity contribution >= 4 is 24.2 Å². The molecule has 1 rings (SSSR count). The molecule has 0 aliphatic heterocycles. The van der Waals surface area contributed by atoms with Crippen LogP contribution < -0.4 is 14.8 Å². The number of hydrogen-bond donors (Lipinski definition) is 1. The number of benzene rings is 1. The number of methoxy groups -OCH3 is 1. The second-order valence-electron chi connectivity index (χ2n) is 11.5. The molecule has 0 aliphatic rings. The van der Waals surface area contributed by atoms with Gasteiger partial charge in [0.25, 0.3) is 0 Å². The van der Waals surface area contributed by atoms with Crippen LogP contribution in [-0.2, 0) is 35.0 Å². The Kier molecular flexibility index (Phi) is 14.8. The highest BCUT2D eigenvalue weighted by Crippen LogP contribution is 2.31. The van der Waals surface area contributed by atoms with E-state index in [4.69, 9.17) is 28.4 Å². The van der Waals surface area contributed by atoms with Crippen LogP contribution in [0.3, 0.4) is 0 Å². The summed E-state index contributed by atoms with van der Waals surface area (Å²) in [5.74, 6) is -1.20. The number of carbonyl (C=O) groups is 4. The maximum Gasteiger partial charge on any atom is 0.514 e. The van der Waals surface area contributed by atoms with Crippen LogP contribution in [0.4, 0.5) is 9.59 Å². The molecule has 0 bridgehead atoms. The number of hydrogen-bond acceptors (Lipinski definition) is 11. The Morgan fingerprint density at radius 1 is 0.833 bits per heavy atom. The Balaban J connectivity index is 3.16. The molecule has 11 nitrogen and oxygen atoms in total.